The van der Waals surface area contributed by atoms with Crippen LogP contribution in [0.2, 0.25) is 0 Å². The van der Waals surface area contributed by atoms with E-state index in [1.807, 2.05) is 6.08 Å². The zero-order chi connectivity index (χ0) is 51.4. The molecule has 0 saturated carbocycles. The van der Waals surface area contributed by atoms with E-state index < -0.39 is 12.1 Å². The van der Waals surface area contributed by atoms with Gasteiger partial charge in [0.1, 0.15) is 0 Å². The molecule has 6 nitrogen and oxygen atoms in total. The molecule has 0 radical (unpaired) electrons. The lowest BCUT2D eigenvalue weighted by Crippen LogP contribution is -2.45. The number of carbonyl (C=O) groups is 2. The van der Waals surface area contributed by atoms with Gasteiger partial charge in [0.2, 0.25) is 5.91 Å². The van der Waals surface area contributed by atoms with Crippen molar-refractivity contribution in [2.75, 3.05) is 13.2 Å². The van der Waals surface area contributed by atoms with Gasteiger partial charge in [-0.3, -0.25) is 9.59 Å². The van der Waals surface area contributed by atoms with Crippen molar-refractivity contribution in [1.82, 2.24) is 5.32 Å². The molecule has 0 fully saturated rings. The Morgan fingerprint density at radius 3 is 1.10 bits per heavy atom. The molecule has 1 amide bonds. The minimum absolute atomic E-state index is 0.0000397. The number of esters is 1. The predicted octanol–water partition coefficient (Wildman–Crippen LogP) is 20.0. The van der Waals surface area contributed by atoms with Gasteiger partial charge in [-0.2, -0.15) is 0 Å². The van der Waals surface area contributed by atoms with Crippen LogP contribution in [0.3, 0.4) is 0 Å². The number of rotatable bonds is 59. The molecule has 0 spiro atoms. The first kappa shape index (κ1) is 69.1. The van der Waals surface area contributed by atoms with Gasteiger partial charge < -0.3 is 20.3 Å². The molecule has 0 aromatic carbocycles. The van der Waals surface area contributed by atoms with E-state index in [9.17, 15) is 19.8 Å². The van der Waals surface area contributed by atoms with Crippen molar-refractivity contribution < 1.29 is 24.5 Å². The summed E-state index contributed by atoms with van der Waals surface area (Å²) in [4.78, 5) is 24.5. The molecular formula is C65H123NO5. The Hall–Kier alpha value is -1.92. The molecule has 0 aliphatic heterocycles. The third kappa shape index (κ3) is 57.2. The number of aliphatic hydroxyl groups excluding tert-OH is 2. The van der Waals surface area contributed by atoms with Crippen LogP contribution in [0.15, 0.2) is 36.5 Å². The Bertz CT molecular complexity index is 1150. The first-order valence-corrected chi connectivity index (χ1v) is 31.8. The Kier molecular flexibility index (Phi) is 59.0. The fourth-order valence-corrected chi connectivity index (χ4v) is 9.78. The van der Waals surface area contributed by atoms with Crippen molar-refractivity contribution in [3.05, 3.63) is 36.5 Å². The summed E-state index contributed by atoms with van der Waals surface area (Å²) in [6.45, 7) is 4.89. The lowest BCUT2D eigenvalue weighted by Gasteiger charge is -2.20. The first-order valence-electron chi connectivity index (χ1n) is 31.8. The standard InChI is InChI=1S/C65H123NO5/c1-3-5-7-9-11-13-15-17-19-30-33-37-41-45-49-53-57-63(68)62(61-67)66-64(69)58-54-50-46-42-38-34-31-27-25-23-21-20-22-24-26-28-32-36-40-44-48-52-56-60-71-65(70)59-55-51-47-43-39-35-29-18-16-14-12-10-8-6-4-2/h12,14,18,29,53,57,62-63,67-68H,3-11,13,15-17,19-28,30-52,54-56,58-61H2,1-2H3,(H,66,69)/b14-12-,29-18-,57-53+/t62-,63+/m0/s1. The molecule has 0 aliphatic carbocycles. The molecule has 418 valence electrons. The van der Waals surface area contributed by atoms with Crippen molar-refractivity contribution in [3.63, 3.8) is 0 Å². The highest BCUT2D eigenvalue weighted by molar-refractivity contribution is 5.76. The summed E-state index contributed by atoms with van der Waals surface area (Å²) >= 11 is 0. The molecule has 0 aromatic heterocycles. The van der Waals surface area contributed by atoms with Gasteiger partial charge in [-0.05, 0) is 64.2 Å². The van der Waals surface area contributed by atoms with E-state index in [2.05, 4.69) is 43.5 Å². The molecule has 0 saturated heterocycles. The molecule has 3 N–H and O–H groups in total. The van der Waals surface area contributed by atoms with E-state index in [-0.39, 0.29) is 18.5 Å². The van der Waals surface area contributed by atoms with Crippen LogP contribution in [0.4, 0.5) is 0 Å². The first-order chi connectivity index (χ1) is 35.0. The number of carbonyl (C=O) groups excluding carboxylic acids is 2. The number of allylic oxidation sites excluding steroid dienone is 5. The normalized spacial score (nSPS) is 12.8. The molecular weight excluding hydrogens is 875 g/mol. The molecule has 0 bridgehead atoms. The Labute approximate surface area is 443 Å². The van der Waals surface area contributed by atoms with Gasteiger partial charge in [-0.1, -0.05) is 301 Å². The molecule has 2 atom stereocenters. The smallest absolute Gasteiger partial charge is 0.305 e. The van der Waals surface area contributed by atoms with E-state index in [1.54, 1.807) is 6.08 Å². The quantitative estimate of drug-likeness (QED) is 0.0321. The fourth-order valence-electron chi connectivity index (χ4n) is 9.78. The van der Waals surface area contributed by atoms with Gasteiger partial charge in [0.25, 0.3) is 0 Å². The summed E-state index contributed by atoms with van der Waals surface area (Å²) in [6, 6.07) is -0.628. The van der Waals surface area contributed by atoms with Crippen molar-refractivity contribution in [1.29, 1.82) is 0 Å². The maximum Gasteiger partial charge on any atom is 0.305 e. The molecule has 71 heavy (non-hydrogen) atoms. The highest BCUT2D eigenvalue weighted by Gasteiger charge is 2.18. The zero-order valence-electron chi connectivity index (χ0n) is 47.7. The molecule has 0 aromatic rings. The number of nitrogens with one attached hydrogen (secondary N) is 1. The summed E-state index contributed by atoms with van der Waals surface area (Å²) in [5.41, 5.74) is 0. The zero-order valence-corrected chi connectivity index (χ0v) is 47.7. The third-order valence-electron chi connectivity index (χ3n) is 14.7. The molecule has 0 heterocycles. The van der Waals surface area contributed by atoms with E-state index >= 15 is 0 Å². The van der Waals surface area contributed by atoms with Crippen LogP contribution in [-0.2, 0) is 14.3 Å². The minimum Gasteiger partial charge on any atom is -0.466 e. The SMILES string of the molecule is CCCCC/C=C\C/C=C\CCCCCCCC(=O)OCCCCCCCCCCCCCCCCCCCCCCCCCC(=O)N[C@@H](CO)[C@H](O)/C=C/CCCCCCCCCCCCCCCC. The Balaban J connectivity index is 3.40. The second-order valence-corrected chi connectivity index (χ2v) is 21.7. The Morgan fingerprint density at radius 2 is 0.704 bits per heavy atom. The van der Waals surface area contributed by atoms with Crippen LogP contribution < -0.4 is 5.32 Å². The van der Waals surface area contributed by atoms with Gasteiger partial charge in [0, 0.05) is 12.8 Å². The van der Waals surface area contributed by atoms with Crippen molar-refractivity contribution in [2.45, 2.75) is 353 Å². The van der Waals surface area contributed by atoms with Gasteiger partial charge in [-0.25, -0.2) is 0 Å². The lowest BCUT2D eigenvalue weighted by molar-refractivity contribution is -0.143. The van der Waals surface area contributed by atoms with Gasteiger partial charge in [0.05, 0.1) is 25.4 Å². The van der Waals surface area contributed by atoms with Crippen molar-refractivity contribution >= 4 is 11.9 Å². The monoisotopic (exact) mass is 998 g/mol. The molecule has 0 aliphatic rings. The maximum absolute atomic E-state index is 12.5. The van der Waals surface area contributed by atoms with Gasteiger partial charge >= 0.3 is 5.97 Å². The van der Waals surface area contributed by atoms with Crippen molar-refractivity contribution in [2.24, 2.45) is 0 Å². The second-order valence-electron chi connectivity index (χ2n) is 21.7. The summed E-state index contributed by atoms with van der Waals surface area (Å²) in [5, 5.41) is 23.2. The lowest BCUT2D eigenvalue weighted by atomic mass is 10.0. The van der Waals surface area contributed by atoms with Crippen molar-refractivity contribution in [3.8, 4) is 0 Å². The summed E-state index contributed by atoms with van der Waals surface area (Å²) in [7, 11) is 0. The van der Waals surface area contributed by atoms with Gasteiger partial charge in [-0.15, -0.1) is 0 Å². The topological polar surface area (TPSA) is 95.9 Å². The highest BCUT2D eigenvalue weighted by Crippen LogP contribution is 2.18. The largest absolute Gasteiger partial charge is 0.466 e. The third-order valence-corrected chi connectivity index (χ3v) is 14.7. The number of aliphatic hydroxyl groups is 2. The number of ether oxygens (including phenoxy) is 1. The van der Waals surface area contributed by atoms with Crippen LogP contribution in [0.25, 0.3) is 0 Å². The maximum atomic E-state index is 12.5. The van der Waals surface area contributed by atoms with Gasteiger partial charge in [0.15, 0.2) is 0 Å². The second kappa shape index (κ2) is 60.6. The van der Waals surface area contributed by atoms with Crippen LogP contribution >= 0.6 is 0 Å². The number of hydrogen-bond acceptors (Lipinski definition) is 5. The summed E-state index contributed by atoms with van der Waals surface area (Å²) < 4.78 is 5.48. The molecule has 0 rings (SSSR count). The summed E-state index contributed by atoms with van der Waals surface area (Å²) in [6.07, 6.45) is 76.1. The van der Waals surface area contributed by atoms with Crippen LogP contribution in [-0.4, -0.2) is 47.4 Å². The van der Waals surface area contributed by atoms with E-state index in [1.165, 1.54) is 263 Å². The number of unbranched alkanes of at least 4 members (excludes halogenated alkanes) is 44. The summed E-state index contributed by atoms with van der Waals surface area (Å²) in [5.74, 6) is -0.0660. The van der Waals surface area contributed by atoms with E-state index in [4.69, 9.17) is 4.74 Å². The van der Waals surface area contributed by atoms with Crippen LogP contribution in [0.1, 0.15) is 341 Å². The van der Waals surface area contributed by atoms with E-state index in [0.29, 0.717) is 19.4 Å². The fraction of sp³-hybridized carbons (Fsp3) is 0.877. The van der Waals surface area contributed by atoms with Crippen LogP contribution in [0.5, 0.6) is 0 Å². The van der Waals surface area contributed by atoms with E-state index in [0.717, 1.165) is 51.4 Å². The predicted molar refractivity (Wildman–Crippen MR) is 310 cm³/mol. The number of amides is 1. The highest BCUT2D eigenvalue weighted by atomic mass is 16.5. The Morgan fingerprint density at radius 1 is 0.394 bits per heavy atom. The minimum atomic E-state index is -0.844. The van der Waals surface area contributed by atoms with Crippen LogP contribution in [0, 0.1) is 0 Å². The molecule has 6 heteroatoms. The molecule has 0 unspecified atom stereocenters. The average Bonchev–Trinajstić information content (AvgIpc) is 3.37. The number of hydrogen-bond donors (Lipinski definition) is 3. The average molecular weight is 999 g/mol.